The van der Waals surface area contributed by atoms with Crippen LogP contribution in [-0.2, 0) is 6.54 Å². The highest BCUT2D eigenvalue weighted by Crippen LogP contribution is 2.34. The number of halogens is 1. The zero-order valence-corrected chi connectivity index (χ0v) is 11.3. The van der Waals surface area contributed by atoms with E-state index in [1.165, 1.54) is 10.4 Å². The van der Waals surface area contributed by atoms with Crippen LogP contribution in [0, 0.1) is 3.57 Å². The van der Waals surface area contributed by atoms with Gasteiger partial charge in [-0.25, -0.2) is 0 Å². The van der Waals surface area contributed by atoms with Gasteiger partial charge in [-0.3, -0.25) is 4.79 Å². The summed E-state index contributed by atoms with van der Waals surface area (Å²) in [6.45, 7) is 0.651. The Morgan fingerprint density at radius 2 is 2.19 bits per heavy atom. The van der Waals surface area contributed by atoms with Gasteiger partial charge in [0, 0.05) is 15.0 Å². The number of hydrogen-bond donors (Lipinski definition) is 1. The monoisotopic (exact) mass is 341 g/mol. The normalized spacial score (nSPS) is 13.7. The summed E-state index contributed by atoms with van der Waals surface area (Å²) in [5.41, 5.74) is 3.18. The minimum absolute atomic E-state index is 0.0535. The molecule has 3 rings (SSSR count). The van der Waals surface area contributed by atoms with E-state index in [4.69, 9.17) is 0 Å². The lowest BCUT2D eigenvalue weighted by Crippen LogP contribution is -2.13. The summed E-state index contributed by atoms with van der Waals surface area (Å²) < 4.78 is 1.03. The molecule has 1 amide bonds. The Kier molecular flexibility index (Phi) is 2.48. The number of thiophene rings is 1. The van der Waals surface area contributed by atoms with Crippen molar-refractivity contribution in [3.63, 3.8) is 0 Å². The summed E-state index contributed by atoms with van der Waals surface area (Å²) in [5.74, 6) is 0.0535. The van der Waals surface area contributed by atoms with Crippen LogP contribution in [0.15, 0.2) is 29.6 Å². The lowest BCUT2D eigenvalue weighted by Gasteiger charge is -2.06. The Labute approximate surface area is 111 Å². The van der Waals surface area contributed by atoms with Gasteiger partial charge in [0.2, 0.25) is 0 Å². The first-order valence-corrected chi connectivity index (χ1v) is 6.86. The molecule has 1 aromatic carbocycles. The molecule has 1 aliphatic heterocycles. The van der Waals surface area contributed by atoms with Crippen LogP contribution in [0.5, 0.6) is 0 Å². The molecule has 2 heterocycles. The van der Waals surface area contributed by atoms with Crippen molar-refractivity contribution >= 4 is 39.8 Å². The minimum Gasteiger partial charge on any atom is -0.348 e. The molecule has 80 valence electrons. The van der Waals surface area contributed by atoms with Crippen molar-refractivity contribution in [3.8, 4) is 10.4 Å². The van der Waals surface area contributed by atoms with Gasteiger partial charge in [-0.1, -0.05) is 12.1 Å². The minimum atomic E-state index is 0.0535. The van der Waals surface area contributed by atoms with Gasteiger partial charge in [-0.2, -0.15) is 0 Å². The first kappa shape index (κ1) is 10.3. The average Bonchev–Trinajstić information content (AvgIpc) is 2.89. The number of amides is 1. The predicted molar refractivity (Wildman–Crippen MR) is 73.6 cm³/mol. The average molecular weight is 341 g/mol. The molecule has 0 atom stereocenters. The van der Waals surface area contributed by atoms with Gasteiger partial charge in [-0.05, 0) is 51.2 Å². The van der Waals surface area contributed by atoms with E-state index in [1.54, 1.807) is 11.3 Å². The van der Waals surface area contributed by atoms with E-state index in [2.05, 4.69) is 45.4 Å². The third-order valence-corrected chi connectivity index (χ3v) is 4.50. The Morgan fingerprint density at radius 1 is 1.31 bits per heavy atom. The molecule has 0 spiro atoms. The second kappa shape index (κ2) is 3.85. The lowest BCUT2D eigenvalue weighted by atomic mass is 10.0. The van der Waals surface area contributed by atoms with Crippen molar-refractivity contribution < 1.29 is 4.79 Å². The van der Waals surface area contributed by atoms with Crippen LogP contribution in [0.4, 0.5) is 0 Å². The second-order valence-corrected chi connectivity index (χ2v) is 5.72. The molecule has 0 radical (unpaired) electrons. The van der Waals surface area contributed by atoms with Gasteiger partial charge >= 0.3 is 0 Å². The van der Waals surface area contributed by atoms with E-state index < -0.39 is 0 Å². The van der Waals surface area contributed by atoms with Crippen LogP contribution in [0.25, 0.3) is 10.4 Å². The number of carbonyl (C=O) groups excluding carboxylic acids is 1. The van der Waals surface area contributed by atoms with Gasteiger partial charge in [0.1, 0.15) is 0 Å². The number of benzene rings is 1. The molecule has 2 nitrogen and oxygen atoms in total. The summed E-state index contributed by atoms with van der Waals surface area (Å²) >= 11 is 3.93. The maximum Gasteiger partial charge on any atom is 0.252 e. The van der Waals surface area contributed by atoms with Crippen LogP contribution in [0.1, 0.15) is 15.9 Å². The zero-order valence-electron chi connectivity index (χ0n) is 8.29. The Bertz CT molecular complexity index is 563. The number of nitrogens with one attached hydrogen (secondary N) is 1. The fraction of sp³-hybridized carbons (Fsp3) is 0.0833. The summed E-state index contributed by atoms with van der Waals surface area (Å²) in [6, 6.07) is 8.25. The lowest BCUT2D eigenvalue weighted by molar-refractivity contribution is 0.0965. The van der Waals surface area contributed by atoms with Gasteiger partial charge < -0.3 is 5.32 Å². The van der Waals surface area contributed by atoms with Crippen molar-refractivity contribution in [2.45, 2.75) is 6.54 Å². The molecular formula is C12H8INOS. The number of rotatable bonds is 1. The van der Waals surface area contributed by atoms with Crippen LogP contribution in [-0.4, -0.2) is 5.91 Å². The Morgan fingerprint density at radius 3 is 2.94 bits per heavy atom. The van der Waals surface area contributed by atoms with Gasteiger partial charge in [-0.15, -0.1) is 11.3 Å². The fourth-order valence-corrected chi connectivity index (χ4v) is 3.50. The first-order chi connectivity index (χ1) is 7.77. The van der Waals surface area contributed by atoms with Crippen LogP contribution in [0.2, 0.25) is 0 Å². The molecule has 0 saturated carbocycles. The maximum atomic E-state index is 11.7. The van der Waals surface area contributed by atoms with Crippen molar-refractivity contribution in [2.75, 3.05) is 0 Å². The zero-order chi connectivity index (χ0) is 11.1. The molecule has 1 N–H and O–H groups in total. The van der Waals surface area contributed by atoms with Crippen molar-refractivity contribution in [1.82, 2.24) is 5.32 Å². The van der Waals surface area contributed by atoms with E-state index >= 15 is 0 Å². The van der Waals surface area contributed by atoms with Gasteiger partial charge in [0.15, 0.2) is 0 Å². The molecule has 4 heteroatoms. The Hall–Kier alpha value is -0.880. The summed E-state index contributed by atoms with van der Waals surface area (Å²) in [7, 11) is 0. The SMILES string of the molecule is O=C1NCc2c(-c3cccs3)ccc(I)c21. The van der Waals surface area contributed by atoms with Crippen LogP contribution in [0.3, 0.4) is 0 Å². The van der Waals surface area contributed by atoms with Crippen molar-refractivity contribution in [2.24, 2.45) is 0 Å². The molecule has 0 saturated heterocycles. The number of hydrogen-bond acceptors (Lipinski definition) is 2. The summed E-state index contributed by atoms with van der Waals surface area (Å²) in [4.78, 5) is 12.9. The summed E-state index contributed by atoms with van der Waals surface area (Å²) in [6.07, 6.45) is 0. The summed E-state index contributed by atoms with van der Waals surface area (Å²) in [5, 5.41) is 4.95. The molecule has 0 unspecified atom stereocenters. The van der Waals surface area contributed by atoms with Crippen LogP contribution >= 0.6 is 33.9 Å². The van der Waals surface area contributed by atoms with Crippen molar-refractivity contribution in [3.05, 3.63) is 44.3 Å². The van der Waals surface area contributed by atoms with E-state index in [0.717, 1.165) is 14.7 Å². The molecule has 0 fully saturated rings. The van der Waals surface area contributed by atoms with E-state index in [9.17, 15) is 4.79 Å². The van der Waals surface area contributed by atoms with Gasteiger partial charge in [0.25, 0.3) is 5.91 Å². The van der Waals surface area contributed by atoms with Gasteiger partial charge in [0.05, 0.1) is 5.56 Å². The predicted octanol–water partition coefficient (Wildman–Crippen LogP) is 3.26. The largest absolute Gasteiger partial charge is 0.348 e. The van der Waals surface area contributed by atoms with Crippen molar-refractivity contribution in [1.29, 1.82) is 0 Å². The maximum absolute atomic E-state index is 11.7. The van der Waals surface area contributed by atoms with E-state index in [1.807, 2.05) is 12.1 Å². The first-order valence-electron chi connectivity index (χ1n) is 4.91. The number of fused-ring (bicyclic) bond motifs is 1. The molecule has 2 aromatic rings. The third kappa shape index (κ3) is 1.48. The number of carbonyl (C=O) groups is 1. The second-order valence-electron chi connectivity index (χ2n) is 3.61. The topological polar surface area (TPSA) is 29.1 Å². The molecule has 16 heavy (non-hydrogen) atoms. The van der Waals surface area contributed by atoms with E-state index in [-0.39, 0.29) is 5.91 Å². The highest BCUT2D eigenvalue weighted by Gasteiger charge is 2.24. The third-order valence-electron chi connectivity index (χ3n) is 2.70. The molecule has 0 bridgehead atoms. The van der Waals surface area contributed by atoms with Crippen LogP contribution < -0.4 is 5.32 Å². The Balaban J connectivity index is 2.26. The van der Waals surface area contributed by atoms with E-state index in [0.29, 0.717) is 6.54 Å². The quantitative estimate of drug-likeness (QED) is 0.793. The highest BCUT2D eigenvalue weighted by atomic mass is 127. The highest BCUT2D eigenvalue weighted by molar-refractivity contribution is 14.1. The molecule has 1 aromatic heterocycles. The smallest absolute Gasteiger partial charge is 0.252 e. The fourth-order valence-electron chi connectivity index (χ4n) is 1.97. The molecule has 0 aliphatic carbocycles. The molecular weight excluding hydrogens is 333 g/mol. The standard InChI is InChI=1S/C12H8INOS/c13-9-4-3-7(10-2-1-5-16-10)8-6-14-12(15)11(8)9/h1-5H,6H2,(H,14,15). The molecule has 1 aliphatic rings.